The molecule has 4 aromatic rings. The first-order valence-corrected chi connectivity index (χ1v) is 20.6. The van der Waals surface area contributed by atoms with Crippen molar-refractivity contribution in [1.82, 2.24) is 0 Å². The van der Waals surface area contributed by atoms with E-state index in [1.165, 1.54) is 67.4 Å². The lowest BCUT2D eigenvalue weighted by Gasteiger charge is -2.11. The number of hydrogen-bond acceptors (Lipinski definition) is 6. The zero-order valence-corrected chi connectivity index (χ0v) is 30.5. The molecule has 230 valence electrons. The summed E-state index contributed by atoms with van der Waals surface area (Å²) in [5.74, 6) is 0. The van der Waals surface area contributed by atoms with Crippen LogP contribution in [0, 0.1) is 27.7 Å². The predicted octanol–water partition coefficient (Wildman–Crippen LogP) is 13.0. The number of allylic oxidation sites excluding steroid dienone is 2. The van der Waals surface area contributed by atoms with Crippen molar-refractivity contribution in [1.29, 1.82) is 0 Å². The maximum Gasteiger partial charge on any atom is 0.209 e. The van der Waals surface area contributed by atoms with Gasteiger partial charge in [-0.2, -0.15) is 0 Å². The third-order valence-electron chi connectivity index (χ3n) is 8.43. The Balaban J connectivity index is 1.68. The van der Waals surface area contributed by atoms with Crippen LogP contribution in [0.1, 0.15) is 110 Å². The average molecular weight is 669 g/mol. The smallest absolute Gasteiger partial charge is 0.209 e. The molecule has 1 aliphatic rings. The summed E-state index contributed by atoms with van der Waals surface area (Å²) < 4.78 is 29.9. The molecule has 0 unspecified atom stereocenters. The van der Waals surface area contributed by atoms with Gasteiger partial charge in [-0.25, -0.2) is 8.42 Å². The standard InChI is InChI=1S/C36H44O2S5/c1-7-9-11-13-15-27-28(16-14-12-10-8-2)36(30-22-26(6)34(42-30)32-24(4)18-20-40-32)43(37,38)35(27)29-21-25(5)33(41-29)31-23(3)17-19-39-31/h17-22H,7-16H2,1-6H3. The summed E-state index contributed by atoms with van der Waals surface area (Å²) in [7, 11) is -3.70. The van der Waals surface area contributed by atoms with Gasteiger partial charge in [-0.1, -0.05) is 52.4 Å². The minimum Gasteiger partial charge on any atom is -0.218 e. The fourth-order valence-corrected chi connectivity index (χ4v) is 13.6. The summed E-state index contributed by atoms with van der Waals surface area (Å²) in [6, 6.07) is 8.61. The Bertz CT molecular complexity index is 1630. The van der Waals surface area contributed by atoms with Crippen molar-refractivity contribution in [3.05, 3.63) is 78.2 Å². The van der Waals surface area contributed by atoms with E-state index < -0.39 is 9.84 Å². The first-order chi connectivity index (χ1) is 20.7. The Morgan fingerprint density at radius 3 is 1.33 bits per heavy atom. The van der Waals surface area contributed by atoms with Crippen molar-refractivity contribution >= 4 is 65.0 Å². The maximum atomic E-state index is 14.9. The third-order valence-corrected chi connectivity index (χ3v) is 15.6. The largest absolute Gasteiger partial charge is 0.218 e. The topological polar surface area (TPSA) is 34.1 Å². The van der Waals surface area contributed by atoms with Crippen molar-refractivity contribution in [3.8, 4) is 19.5 Å². The van der Waals surface area contributed by atoms with Crippen molar-refractivity contribution in [3.63, 3.8) is 0 Å². The average Bonchev–Trinajstić information content (AvgIpc) is 3.77. The van der Waals surface area contributed by atoms with E-state index >= 15 is 0 Å². The SMILES string of the molecule is CCCCCCC1=C(c2cc(C)c(-c3sccc3C)s2)S(=O)(=O)C(c2cc(C)c(-c3sccc3C)s2)=C1CCCCCC. The number of hydrogen-bond donors (Lipinski definition) is 0. The second-order valence-corrected chi connectivity index (χ2v) is 17.6. The van der Waals surface area contributed by atoms with E-state index in [1.54, 1.807) is 45.3 Å². The predicted molar refractivity (Wildman–Crippen MR) is 194 cm³/mol. The van der Waals surface area contributed by atoms with E-state index in [1.807, 2.05) is 0 Å². The van der Waals surface area contributed by atoms with Crippen LogP contribution in [-0.2, 0) is 9.84 Å². The van der Waals surface area contributed by atoms with E-state index in [2.05, 4.69) is 76.6 Å². The summed E-state index contributed by atoms with van der Waals surface area (Å²) >= 11 is 6.83. The van der Waals surface area contributed by atoms with Crippen LogP contribution < -0.4 is 0 Å². The lowest BCUT2D eigenvalue weighted by atomic mass is 9.93. The number of aryl methyl sites for hydroxylation is 4. The summed E-state index contributed by atoms with van der Waals surface area (Å²) in [5.41, 5.74) is 7.03. The van der Waals surface area contributed by atoms with Gasteiger partial charge < -0.3 is 0 Å². The van der Waals surface area contributed by atoms with Crippen LogP contribution in [0.2, 0.25) is 0 Å². The van der Waals surface area contributed by atoms with E-state index in [9.17, 15) is 8.42 Å². The molecule has 7 heteroatoms. The van der Waals surface area contributed by atoms with Crippen LogP contribution in [0.5, 0.6) is 0 Å². The molecule has 5 heterocycles. The number of sulfone groups is 1. The quantitative estimate of drug-likeness (QED) is 0.125. The van der Waals surface area contributed by atoms with Gasteiger partial charge in [-0.15, -0.1) is 45.3 Å². The molecule has 0 bridgehead atoms. The van der Waals surface area contributed by atoms with Gasteiger partial charge in [0.2, 0.25) is 9.84 Å². The molecule has 0 saturated heterocycles. The number of unbranched alkanes of at least 4 members (excludes halogenated alkanes) is 6. The van der Waals surface area contributed by atoms with Gasteiger partial charge in [0.1, 0.15) is 0 Å². The minimum atomic E-state index is -3.70. The Morgan fingerprint density at radius 1 is 0.558 bits per heavy atom. The highest BCUT2D eigenvalue weighted by atomic mass is 32.2. The number of rotatable bonds is 14. The van der Waals surface area contributed by atoms with Crippen molar-refractivity contribution < 1.29 is 8.42 Å². The van der Waals surface area contributed by atoms with Gasteiger partial charge in [0.05, 0.1) is 9.81 Å². The van der Waals surface area contributed by atoms with Gasteiger partial charge in [0.15, 0.2) is 0 Å². The van der Waals surface area contributed by atoms with Crippen molar-refractivity contribution in [2.24, 2.45) is 0 Å². The van der Waals surface area contributed by atoms with Crippen LogP contribution in [0.3, 0.4) is 0 Å². The molecule has 0 saturated carbocycles. The summed E-state index contributed by atoms with van der Waals surface area (Å²) in [4.78, 5) is 7.94. The summed E-state index contributed by atoms with van der Waals surface area (Å²) in [6.07, 6.45) is 10.7. The highest BCUT2D eigenvalue weighted by molar-refractivity contribution is 8.09. The van der Waals surface area contributed by atoms with Crippen LogP contribution in [-0.4, -0.2) is 8.42 Å². The normalized spacial score (nSPS) is 14.9. The Labute approximate surface area is 275 Å². The molecule has 0 amide bonds. The Hall–Kier alpha value is -1.77. The summed E-state index contributed by atoms with van der Waals surface area (Å²) in [6.45, 7) is 13.0. The molecular formula is C36H44O2S5. The molecule has 0 aromatic carbocycles. The molecule has 0 aliphatic carbocycles. The molecule has 5 rings (SSSR count). The highest BCUT2D eigenvalue weighted by Crippen LogP contribution is 2.54. The Kier molecular flexibility index (Phi) is 10.7. The van der Waals surface area contributed by atoms with Crippen LogP contribution in [0.25, 0.3) is 29.3 Å². The molecule has 0 atom stereocenters. The lowest BCUT2D eigenvalue weighted by molar-refractivity contribution is 0.615. The Morgan fingerprint density at radius 2 is 0.977 bits per heavy atom. The molecule has 0 N–H and O–H groups in total. The van der Waals surface area contributed by atoms with Crippen LogP contribution in [0.15, 0.2) is 46.2 Å². The zero-order chi connectivity index (χ0) is 30.7. The van der Waals surface area contributed by atoms with E-state index in [0.717, 1.165) is 59.4 Å². The van der Waals surface area contributed by atoms with Crippen molar-refractivity contribution in [2.45, 2.75) is 106 Å². The van der Waals surface area contributed by atoms with Crippen LogP contribution >= 0.6 is 45.3 Å². The third kappa shape index (κ3) is 6.62. The van der Waals surface area contributed by atoms with Gasteiger partial charge >= 0.3 is 0 Å². The van der Waals surface area contributed by atoms with Crippen LogP contribution in [0.4, 0.5) is 0 Å². The molecule has 0 radical (unpaired) electrons. The van der Waals surface area contributed by atoms with Gasteiger partial charge in [-0.05, 0) is 122 Å². The van der Waals surface area contributed by atoms with E-state index in [-0.39, 0.29) is 0 Å². The first-order valence-electron chi connectivity index (χ1n) is 15.7. The molecule has 43 heavy (non-hydrogen) atoms. The summed E-state index contributed by atoms with van der Waals surface area (Å²) in [5, 5.41) is 4.27. The molecule has 0 fully saturated rings. The van der Waals surface area contributed by atoms with Gasteiger partial charge in [0, 0.05) is 29.3 Å². The second-order valence-electron chi connectivity index (χ2n) is 11.9. The lowest BCUT2D eigenvalue weighted by Crippen LogP contribution is -2.01. The highest BCUT2D eigenvalue weighted by Gasteiger charge is 2.41. The fraction of sp³-hybridized carbons (Fsp3) is 0.444. The molecule has 2 nitrogen and oxygen atoms in total. The second kappa shape index (κ2) is 14.1. The minimum absolute atomic E-state index is 0.595. The zero-order valence-electron chi connectivity index (χ0n) is 26.4. The van der Waals surface area contributed by atoms with Gasteiger partial charge in [-0.3, -0.25) is 0 Å². The molecule has 0 spiro atoms. The van der Waals surface area contributed by atoms with E-state index in [4.69, 9.17) is 0 Å². The molecule has 4 aromatic heterocycles. The monoisotopic (exact) mass is 668 g/mol. The van der Waals surface area contributed by atoms with E-state index in [0.29, 0.717) is 9.81 Å². The number of thiophene rings is 4. The first kappa shape index (κ1) is 32.6. The van der Waals surface area contributed by atoms with Crippen molar-refractivity contribution in [2.75, 3.05) is 0 Å². The molecule has 1 aliphatic heterocycles. The maximum absolute atomic E-state index is 14.9. The fourth-order valence-electron chi connectivity index (χ4n) is 6.10. The molecular weight excluding hydrogens is 625 g/mol. The van der Waals surface area contributed by atoms with Gasteiger partial charge in [0.25, 0.3) is 0 Å².